The summed E-state index contributed by atoms with van der Waals surface area (Å²) in [6.07, 6.45) is 1.57. The van der Waals surface area contributed by atoms with Gasteiger partial charge in [0.1, 0.15) is 4.70 Å². The molecule has 2 rings (SSSR count). The van der Waals surface area contributed by atoms with Crippen LogP contribution < -0.4 is 5.56 Å². The fourth-order valence-corrected chi connectivity index (χ4v) is 2.30. The summed E-state index contributed by atoms with van der Waals surface area (Å²) >= 11 is 1.45. The lowest BCUT2D eigenvalue weighted by Gasteiger charge is -1.95. The van der Waals surface area contributed by atoms with Gasteiger partial charge in [-0.05, 0) is 13.0 Å². The second-order valence-corrected chi connectivity index (χ2v) is 4.16. The van der Waals surface area contributed by atoms with Gasteiger partial charge in [-0.1, -0.05) is 0 Å². The molecule has 0 unspecified atom stereocenters. The van der Waals surface area contributed by atoms with Gasteiger partial charge in [-0.25, -0.2) is 0 Å². The van der Waals surface area contributed by atoms with Crippen molar-refractivity contribution in [2.45, 2.75) is 13.5 Å². The maximum Gasteiger partial charge on any atom is 0.265 e. The van der Waals surface area contributed by atoms with E-state index < -0.39 is 0 Å². The zero-order chi connectivity index (χ0) is 9.42. The van der Waals surface area contributed by atoms with E-state index in [1.165, 1.54) is 11.3 Å². The van der Waals surface area contributed by atoms with E-state index in [4.69, 9.17) is 5.11 Å². The normalized spacial score (nSPS) is 10.9. The second kappa shape index (κ2) is 2.97. The van der Waals surface area contributed by atoms with Gasteiger partial charge in [-0.15, -0.1) is 11.3 Å². The summed E-state index contributed by atoms with van der Waals surface area (Å²) in [5.41, 5.74) is 0.698. The van der Waals surface area contributed by atoms with Gasteiger partial charge >= 0.3 is 0 Å². The van der Waals surface area contributed by atoms with Crippen LogP contribution in [0.5, 0.6) is 0 Å². The Morgan fingerprint density at radius 1 is 1.62 bits per heavy atom. The summed E-state index contributed by atoms with van der Waals surface area (Å²) in [6.45, 7) is 1.91. The maximum absolute atomic E-state index is 11.3. The third-order valence-electron chi connectivity index (χ3n) is 1.96. The molecule has 0 aromatic carbocycles. The number of rotatable bonds is 1. The molecule has 0 spiro atoms. The molecule has 0 atom stereocenters. The van der Waals surface area contributed by atoms with Crippen LogP contribution in [0.2, 0.25) is 0 Å². The molecule has 13 heavy (non-hydrogen) atoms. The molecule has 0 radical (unpaired) electrons. The Morgan fingerprint density at radius 3 is 3.08 bits per heavy atom. The predicted octanol–water partition coefficient (Wildman–Crippen LogP) is 1.39. The van der Waals surface area contributed by atoms with Crippen molar-refractivity contribution in [1.82, 2.24) is 4.98 Å². The van der Waals surface area contributed by atoms with Crippen molar-refractivity contribution < 1.29 is 5.11 Å². The fraction of sp³-hybridized carbons (Fsp3) is 0.222. The highest BCUT2D eigenvalue weighted by Gasteiger charge is 2.06. The Bertz CT molecular complexity index is 498. The van der Waals surface area contributed by atoms with Crippen LogP contribution in [0.25, 0.3) is 10.1 Å². The van der Waals surface area contributed by atoms with E-state index in [-0.39, 0.29) is 12.2 Å². The summed E-state index contributed by atoms with van der Waals surface area (Å²) in [4.78, 5) is 15.0. The fourth-order valence-electron chi connectivity index (χ4n) is 1.35. The van der Waals surface area contributed by atoms with Gasteiger partial charge in [-0.2, -0.15) is 0 Å². The average Bonchev–Trinajstić information content (AvgIpc) is 2.48. The monoisotopic (exact) mass is 195 g/mol. The minimum absolute atomic E-state index is 0.0382. The van der Waals surface area contributed by atoms with Crippen LogP contribution in [0.4, 0.5) is 0 Å². The molecular formula is C9H9NO2S. The lowest BCUT2D eigenvalue weighted by atomic mass is 10.2. The number of aryl methyl sites for hydroxylation is 1. The first kappa shape index (κ1) is 8.47. The molecular weight excluding hydrogens is 186 g/mol. The second-order valence-electron chi connectivity index (χ2n) is 2.90. The smallest absolute Gasteiger partial charge is 0.265 e. The van der Waals surface area contributed by atoms with E-state index in [0.29, 0.717) is 4.70 Å². The molecule has 0 bridgehead atoms. The Kier molecular flexibility index (Phi) is 1.94. The van der Waals surface area contributed by atoms with Crippen molar-refractivity contribution in [2.24, 2.45) is 0 Å². The molecule has 2 heterocycles. The van der Waals surface area contributed by atoms with Gasteiger partial charge < -0.3 is 10.1 Å². The highest BCUT2D eigenvalue weighted by molar-refractivity contribution is 7.18. The highest BCUT2D eigenvalue weighted by Crippen LogP contribution is 2.24. The van der Waals surface area contributed by atoms with Crippen LogP contribution in [-0.4, -0.2) is 10.1 Å². The zero-order valence-electron chi connectivity index (χ0n) is 7.13. The highest BCUT2D eigenvalue weighted by atomic mass is 32.1. The van der Waals surface area contributed by atoms with Crippen molar-refractivity contribution in [2.75, 3.05) is 0 Å². The number of hydrogen-bond donors (Lipinski definition) is 2. The minimum atomic E-state index is -0.0784. The summed E-state index contributed by atoms with van der Waals surface area (Å²) < 4.78 is 0.698. The van der Waals surface area contributed by atoms with Crippen LogP contribution in [-0.2, 0) is 6.61 Å². The van der Waals surface area contributed by atoms with Gasteiger partial charge in [0, 0.05) is 22.0 Å². The molecule has 68 valence electrons. The first-order valence-electron chi connectivity index (χ1n) is 3.94. The van der Waals surface area contributed by atoms with Crippen molar-refractivity contribution in [3.63, 3.8) is 0 Å². The Labute approximate surface area is 78.7 Å². The third-order valence-corrected chi connectivity index (χ3v) is 3.00. The standard InChI is InChI=1S/C9H9NO2S/c1-5-2-7-6(4-11)3-10-9(12)8(7)13-5/h2-3,11H,4H2,1H3,(H,10,12). The number of pyridine rings is 1. The van der Waals surface area contributed by atoms with E-state index in [0.717, 1.165) is 15.8 Å². The molecule has 4 heteroatoms. The lowest BCUT2D eigenvalue weighted by molar-refractivity contribution is 0.283. The Morgan fingerprint density at radius 2 is 2.38 bits per heavy atom. The van der Waals surface area contributed by atoms with E-state index in [2.05, 4.69) is 4.98 Å². The van der Waals surface area contributed by atoms with Crippen molar-refractivity contribution in [3.05, 3.63) is 33.1 Å². The van der Waals surface area contributed by atoms with Crippen molar-refractivity contribution in [1.29, 1.82) is 0 Å². The average molecular weight is 195 g/mol. The van der Waals surface area contributed by atoms with Crippen molar-refractivity contribution >= 4 is 21.4 Å². The van der Waals surface area contributed by atoms with Crippen molar-refractivity contribution in [3.8, 4) is 0 Å². The maximum atomic E-state index is 11.3. The van der Waals surface area contributed by atoms with Crippen LogP contribution >= 0.6 is 11.3 Å². The van der Waals surface area contributed by atoms with E-state index >= 15 is 0 Å². The molecule has 0 saturated carbocycles. The Balaban J connectivity index is 2.92. The number of fused-ring (bicyclic) bond motifs is 1. The number of aliphatic hydroxyl groups is 1. The molecule has 0 amide bonds. The molecule has 0 aliphatic carbocycles. The number of aromatic amines is 1. The summed E-state index contributed by atoms with van der Waals surface area (Å²) in [6, 6.07) is 1.93. The molecule has 3 nitrogen and oxygen atoms in total. The number of nitrogens with one attached hydrogen (secondary N) is 1. The molecule has 2 aromatic rings. The summed E-state index contributed by atoms with van der Waals surface area (Å²) in [5.74, 6) is 0. The largest absolute Gasteiger partial charge is 0.392 e. The molecule has 0 aliphatic rings. The number of aromatic nitrogens is 1. The van der Waals surface area contributed by atoms with Gasteiger partial charge in [0.25, 0.3) is 5.56 Å². The quantitative estimate of drug-likeness (QED) is 0.722. The minimum Gasteiger partial charge on any atom is -0.392 e. The van der Waals surface area contributed by atoms with Crippen LogP contribution in [0.1, 0.15) is 10.4 Å². The SMILES string of the molecule is Cc1cc2c(CO)c[nH]c(=O)c2s1. The first-order chi connectivity index (χ1) is 6.22. The van der Waals surface area contributed by atoms with Gasteiger partial charge in [0.05, 0.1) is 6.61 Å². The number of H-pyrrole nitrogens is 1. The third kappa shape index (κ3) is 1.28. The number of aliphatic hydroxyl groups excluding tert-OH is 1. The number of thiophene rings is 1. The molecule has 0 fully saturated rings. The summed E-state index contributed by atoms with van der Waals surface area (Å²) in [7, 11) is 0. The Hall–Kier alpha value is -1.13. The van der Waals surface area contributed by atoms with E-state index in [9.17, 15) is 4.79 Å². The van der Waals surface area contributed by atoms with Crippen LogP contribution in [0, 0.1) is 6.92 Å². The topological polar surface area (TPSA) is 53.1 Å². The summed E-state index contributed by atoms with van der Waals surface area (Å²) in [5, 5.41) is 9.89. The predicted molar refractivity (Wildman–Crippen MR) is 53.1 cm³/mol. The van der Waals surface area contributed by atoms with Gasteiger partial charge in [-0.3, -0.25) is 4.79 Å². The zero-order valence-corrected chi connectivity index (χ0v) is 7.94. The first-order valence-corrected chi connectivity index (χ1v) is 4.75. The lowest BCUT2D eigenvalue weighted by Crippen LogP contribution is -2.04. The van der Waals surface area contributed by atoms with Crippen LogP contribution in [0.15, 0.2) is 17.1 Å². The molecule has 2 aromatic heterocycles. The van der Waals surface area contributed by atoms with Gasteiger partial charge in [0.15, 0.2) is 0 Å². The molecule has 2 N–H and O–H groups in total. The number of hydrogen-bond acceptors (Lipinski definition) is 3. The van der Waals surface area contributed by atoms with Crippen LogP contribution in [0.3, 0.4) is 0 Å². The molecule has 0 saturated heterocycles. The molecule has 0 aliphatic heterocycles. The van der Waals surface area contributed by atoms with Gasteiger partial charge in [0.2, 0.25) is 0 Å². The van der Waals surface area contributed by atoms with E-state index in [1.54, 1.807) is 6.20 Å². The van der Waals surface area contributed by atoms with E-state index in [1.807, 2.05) is 13.0 Å².